The summed E-state index contributed by atoms with van der Waals surface area (Å²) in [6.07, 6.45) is -2.05. The lowest BCUT2D eigenvalue weighted by molar-refractivity contribution is -0.385. The Bertz CT molecular complexity index is 400. The summed E-state index contributed by atoms with van der Waals surface area (Å²) >= 11 is 0. The van der Waals surface area contributed by atoms with Crippen LogP contribution in [0.15, 0.2) is 24.3 Å². The van der Waals surface area contributed by atoms with E-state index in [1.165, 1.54) is 0 Å². The maximum atomic E-state index is 12.9. The molecule has 1 rings (SSSR count). The average molecular weight is 203 g/mol. The van der Waals surface area contributed by atoms with Gasteiger partial charge in [0.15, 0.2) is 0 Å². The molecule has 0 aliphatic heterocycles. The van der Waals surface area contributed by atoms with Crippen molar-refractivity contribution in [2.24, 2.45) is 0 Å². The Balaban J connectivity index is 3.37. The van der Waals surface area contributed by atoms with E-state index >= 15 is 0 Å². The molecular weight excluding hydrogens is 199 g/mol. The fraction of sp³-hybridized carbons (Fsp3) is 0. The van der Waals surface area contributed by atoms with Crippen molar-refractivity contribution in [2.75, 3.05) is 0 Å². The maximum absolute atomic E-state index is 12.9. The van der Waals surface area contributed by atoms with Crippen LogP contribution in [0.25, 0.3) is 6.08 Å². The second-order valence-electron chi connectivity index (χ2n) is 2.36. The summed E-state index contributed by atoms with van der Waals surface area (Å²) in [6, 6.07) is 2.92. The van der Waals surface area contributed by atoms with Gasteiger partial charge >= 0.3 is 0 Å². The summed E-state index contributed by atoms with van der Waals surface area (Å²) in [5.74, 6) is -1.05. The smallest absolute Gasteiger partial charge is 0.258 e. The van der Waals surface area contributed by atoms with Crippen molar-refractivity contribution in [1.29, 1.82) is 0 Å². The van der Waals surface area contributed by atoms with E-state index in [4.69, 9.17) is 0 Å². The van der Waals surface area contributed by atoms with Crippen LogP contribution < -0.4 is 0 Å². The number of nitro benzene ring substituents is 1. The molecule has 0 aliphatic rings. The van der Waals surface area contributed by atoms with Crippen LogP contribution in [-0.4, -0.2) is 4.92 Å². The van der Waals surface area contributed by atoms with Crippen molar-refractivity contribution >= 4 is 11.8 Å². The van der Waals surface area contributed by atoms with Gasteiger partial charge in [-0.3, -0.25) is 10.1 Å². The van der Waals surface area contributed by atoms with E-state index in [1.54, 1.807) is 0 Å². The first kappa shape index (κ1) is 10.2. The van der Waals surface area contributed by atoms with Crippen LogP contribution in [0.1, 0.15) is 5.56 Å². The van der Waals surface area contributed by atoms with Crippen LogP contribution in [-0.2, 0) is 0 Å². The minimum Gasteiger partial charge on any atom is -0.258 e. The Kier molecular flexibility index (Phi) is 2.85. The summed E-state index contributed by atoms with van der Waals surface area (Å²) in [5, 5.41) is 10.3. The van der Waals surface area contributed by atoms with Crippen LogP contribution >= 0.6 is 0 Å². The number of nitrogens with zero attached hydrogens (tertiary/aromatic N) is 1. The van der Waals surface area contributed by atoms with Gasteiger partial charge in [-0.25, -0.2) is 4.39 Å². The summed E-state index contributed by atoms with van der Waals surface area (Å²) in [6.45, 7) is 0. The van der Waals surface area contributed by atoms with E-state index in [9.17, 15) is 23.3 Å². The lowest BCUT2D eigenvalue weighted by Gasteiger charge is -1.97. The lowest BCUT2D eigenvalue weighted by Crippen LogP contribution is -1.94. The molecule has 6 heteroatoms. The monoisotopic (exact) mass is 203 g/mol. The molecule has 0 unspecified atom stereocenters. The predicted molar refractivity (Wildman–Crippen MR) is 43.2 cm³/mol. The largest absolute Gasteiger partial charge is 0.279 e. The quantitative estimate of drug-likeness (QED) is 0.547. The molecule has 0 radical (unpaired) electrons. The van der Waals surface area contributed by atoms with Gasteiger partial charge in [0.2, 0.25) is 0 Å². The molecule has 0 saturated heterocycles. The first-order valence-electron chi connectivity index (χ1n) is 3.48. The van der Waals surface area contributed by atoms with Gasteiger partial charge < -0.3 is 0 Å². The van der Waals surface area contributed by atoms with Crippen molar-refractivity contribution in [3.8, 4) is 0 Å². The van der Waals surface area contributed by atoms with Crippen molar-refractivity contribution in [3.05, 3.63) is 45.8 Å². The molecule has 3 nitrogen and oxygen atoms in total. The van der Waals surface area contributed by atoms with Crippen LogP contribution in [0, 0.1) is 15.9 Å². The standard InChI is InChI=1S/C8H4F3NO2/c9-6-2-1-3-7(12(13)14)5(6)4-8(10)11/h1-4H. The fourth-order valence-corrected chi connectivity index (χ4v) is 0.937. The van der Waals surface area contributed by atoms with E-state index in [-0.39, 0.29) is 6.08 Å². The number of benzene rings is 1. The molecule has 0 aliphatic carbocycles. The summed E-state index contributed by atoms with van der Waals surface area (Å²) in [7, 11) is 0. The SMILES string of the molecule is O=[N+]([O-])c1cccc(F)c1C=C(F)F. The van der Waals surface area contributed by atoms with Gasteiger partial charge in [-0.15, -0.1) is 0 Å². The number of rotatable bonds is 2. The molecule has 1 aromatic rings. The van der Waals surface area contributed by atoms with Gasteiger partial charge in [-0.1, -0.05) is 6.07 Å². The first-order chi connectivity index (χ1) is 6.52. The van der Waals surface area contributed by atoms with Crippen molar-refractivity contribution < 1.29 is 18.1 Å². The van der Waals surface area contributed by atoms with E-state index < -0.39 is 28.1 Å². The zero-order chi connectivity index (χ0) is 10.7. The molecular formula is C8H4F3NO2. The van der Waals surface area contributed by atoms with Crippen molar-refractivity contribution in [1.82, 2.24) is 0 Å². The van der Waals surface area contributed by atoms with Gasteiger partial charge in [0.05, 0.1) is 10.5 Å². The molecule has 0 bridgehead atoms. The highest BCUT2D eigenvalue weighted by atomic mass is 19.3. The lowest BCUT2D eigenvalue weighted by atomic mass is 10.1. The van der Waals surface area contributed by atoms with E-state index in [0.29, 0.717) is 0 Å². The predicted octanol–water partition coefficient (Wildman–Crippen LogP) is 2.97. The van der Waals surface area contributed by atoms with Crippen LogP contribution in [0.3, 0.4) is 0 Å². The molecule has 74 valence electrons. The number of hydrogen-bond acceptors (Lipinski definition) is 2. The Morgan fingerprint density at radius 1 is 1.43 bits per heavy atom. The molecule has 0 aromatic heterocycles. The van der Waals surface area contributed by atoms with Gasteiger partial charge in [0, 0.05) is 12.1 Å². The zero-order valence-corrected chi connectivity index (χ0v) is 6.71. The summed E-state index contributed by atoms with van der Waals surface area (Å²) in [5.41, 5.74) is -1.39. The highest BCUT2D eigenvalue weighted by molar-refractivity contribution is 5.61. The van der Waals surface area contributed by atoms with E-state index in [1.807, 2.05) is 0 Å². The minimum absolute atomic E-state index is 0.132. The topological polar surface area (TPSA) is 43.1 Å². The number of hydrogen-bond donors (Lipinski definition) is 0. The normalized spacial score (nSPS) is 9.64. The van der Waals surface area contributed by atoms with Crippen molar-refractivity contribution in [2.45, 2.75) is 0 Å². The molecule has 1 aromatic carbocycles. The van der Waals surface area contributed by atoms with Gasteiger partial charge in [-0.2, -0.15) is 8.78 Å². The molecule has 14 heavy (non-hydrogen) atoms. The molecule has 0 spiro atoms. The Morgan fingerprint density at radius 3 is 2.57 bits per heavy atom. The van der Waals surface area contributed by atoms with Crippen LogP contribution in [0.4, 0.5) is 18.9 Å². The summed E-state index contributed by atoms with van der Waals surface area (Å²) in [4.78, 5) is 9.40. The first-order valence-corrected chi connectivity index (χ1v) is 3.48. The molecule has 0 atom stereocenters. The minimum atomic E-state index is -2.18. The van der Waals surface area contributed by atoms with E-state index in [0.717, 1.165) is 18.2 Å². The maximum Gasteiger partial charge on any atom is 0.279 e. The second kappa shape index (κ2) is 3.91. The summed E-state index contributed by atoms with van der Waals surface area (Å²) < 4.78 is 36.5. The van der Waals surface area contributed by atoms with Gasteiger partial charge in [0.25, 0.3) is 11.8 Å². The van der Waals surface area contributed by atoms with Gasteiger partial charge in [-0.05, 0) is 6.07 Å². The Morgan fingerprint density at radius 2 is 2.07 bits per heavy atom. The number of halogens is 3. The average Bonchev–Trinajstić information content (AvgIpc) is 2.07. The third-order valence-electron chi connectivity index (χ3n) is 1.48. The molecule has 0 fully saturated rings. The third kappa shape index (κ3) is 2.09. The Hall–Kier alpha value is -1.85. The van der Waals surface area contributed by atoms with E-state index in [2.05, 4.69) is 0 Å². The molecule has 0 heterocycles. The highest BCUT2D eigenvalue weighted by Crippen LogP contribution is 2.24. The fourth-order valence-electron chi connectivity index (χ4n) is 0.937. The number of nitro groups is 1. The molecule has 0 amide bonds. The van der Waals surface area contributed by atoms with Crippen molar-refractivity contribution in [3.63, 3.8) is 0 Å². The van der Waals surface area contributed by atoms with Crippen LogP contribution in [0.2, 0.25) is 0 Å². The van der Waals surface area contributed by atoms with Gasteiger partial charge in [0.1, 0.15) is 5.82 Å². The Labute approximate surface area is 76.6 Å². The molecule has 0 N–H and O–H groups in total. The third-order valence-corrected chi connectivity index (χ3v) is 1.48. The molecule has 0 saturated carbocycles. The van der Waals surface area contributed by atoms with Crippen LogP contribution in [0.5, 0.6) is 0 Å². The zero-order valence-electron chi connectivity index (χ0n) is 6.71. The second-order valence-corrected chi connectivity index (χ2v) is 2.36. The highest BCUT2D eigenvalue weighted by Gasteiger charge is 2.16.